The van der Waals surface area contributed by atoms with Crippen molar-refractivity contribution < 1.29 is 33.7 Å². The number of aliphatic hydroxyl groups is 1. The van der Waals surface area contributed by atoms with Gasteiger partial charge in [0, 0.05) is 26.1 Å². The summed E-state index contributed by atoms with van der Waals surface area (Å²) in [6.07, 6.45) is 0. The number of hydrogen-bond acceptors (Lipinski definition) is 8. The maximum absolute atomic E-state index is 13.3. The molecule has 0 aliphatic carbocycles. The Hall–Kier alpha value is -3.85. The maximum Gasteiger partial charge on any atom is 0.308 e. The zero-order chi connectivity index (χ0) is 26.4. The first-order chi connectivity index (χ1) is 17.2. The number of likely N-dealkylation sites (tertiary alicyclic amines) is 1. The molecule has 0 bridgehead atoms. The molecule has 36 heavy (non-hydrogen) atoms. The van der Waals surface area contributed by atoms with Crippen molar-refractivity contribution in [3.63, 3.8) is 0 Å². The zero-order valence-corrected chi connectivity index (χ0v) is 21.2. The van der Waals surface area contributed by atoms with Crippen molar-refractivity contribution in [3.8, 4) is 17.2 Å². The van der Waals surface area contributed by atoms with Crippen LogP contribution < -0.4 is 14.2 Å². The number of Topliss-reactive ketones (excluding diaryl/α,β-unsaturated/α-hetero) is 1. The number of ether oxygens (including phenoxy) is 3. The Labute approximate surface area is 210 Å². The summed E-state index contributed by atoms with van der Waals surface area (Å²) in [6.45, 7) is 6.47. The maximum atomic E-state index is 13.3. The molecule has 3 rings (SSSR count). The van der Waals surface area contributed by atoms with Crippen molar-refractivity contribution in [3.05, 3.63) is 59.2 Å². The predicted octanol–water partition coefficient (Wildman–Crippen LogP) is 3.39. The van der Waals surface area contributed by atoms with E-state index < -0.39 is 23.7 Å². The molecule has 1 fully saturated rings. The lowest BCUT2D eigenvalue weighted by Crippen LogP contribution is -2.35. The molecular weight excluding hydrogens is 464 g/mol. The number of likely N-dealkylation sites (N-methyl/N-ethyl adjacent to an activating group) is 1. The topological polar surface area (TPSA) is 106 Å². The molecular formula is C27H32N2O7. The van der Waals surface area contributed by atoms with E-state index in [4.69, 9.17) is 14.2 Å². The number of aliphatic hydroxyl groups excluding tert-OH is 1. The molecule has 0 radical (unpaired) electrons. The van der Waals surface area contributed by atoms with Gasteiger partial charge in [-0.1, -0.05) is 12.1 Å². The summed E-state index contributed by atoms with van der Waals surface area (Å²) in [5.41, 5.74) is 0.730. The highest BCUT2D eigenvalue weighted by Crippen LogP contribution is 2.42. The van der Waals surface area contributed by atoms with E-state index in [-0.39, 0.29) is 29.2 Å². The minimum atomic E-state index is -0.887. The van der Waals surface area contributed by atoms with Gasteiger partial charge in [0.1, 0.15) is 23.0 Å². The molecule has 192 valence electrons. The van der Waals surface area contributed by atoms with Crippen molar-refractivity contribution in [1.82, 2.24) is 9.80 Å². The van der Waals surface area contributed by atoms with Gasteiger partial charge in [-0.15, -0.1) is 0 Å². The number of rotatable bonds is 10. The second kappa shape index (κ2) is 11.7. The van der Waals surface area contributed by atoms with Crippen LogP contribution in [-0.4, -0.2) is 73.0 Å². The number of esters is 1. The van der Waals surface area contributed by atoms with E-state index in [9.17, 15) is 19.5 Å². The lowest BCUT2D eigenvalue weighted by molar-refractivity contribution is -0.140. The van der Waals surface area contributed by atoms with Crippen molar-refractivity contribution in [1.29, 1.82) is 0 Å². The minimum absolute atomic E-state index is 0.0659. The van der Waals surface area contributed by atoms with Gasteiger partial charge in [-0.25, -0.2) is 0 Å². The number of ketones is 1. The van der Waals surface area contributed by atoms with Gasteiger partial charge in [0.05, 0.1) is 30.4 Å². The lowest BCUT2D eigenvalue weighted by Gasteiger charge is -2.27. The molecule has 0 saturated carbocycles. The summed E-state index contributed by atoms with van der Waals surface area (Å²) in [7, 11) is 3.72. The summed E-state index contributed by atoms with van der Waals surface area (Å²) in [5.74, 6) is -1.22. The minimum Gasteiger partial charge on any atom is -0.507 e. The molecule has 0 spiro atoms. The fourth-order valence-electron chi connectivity index (χ4n) is 4.05. The first-order valence-corrected chi connectivity index (χ1v) is 11.8. The molecule has 1 aliphatic heterocycles. The van der Waals surface area contributed by atoms with E-state index in [0.29, 0.717) is 36.8 Å². The second-order valence-electron chi connectivity index (χ2n) is 8.49. The van der Waals surface area contributed by atoms with Gasteiger partial charge in [-0.3, -0.25) is 14.4 Å². The van der Waals surface area contributed by atoms with Crippen LogP contribution in [0.5, 0.6) is 17.2 Å². The normalized spacial score (nSPS) is 16.9. The van der Waals surface area contributed by atoms with Crippen LogP contribution >= 0.6 is 0 Å². The Kier molecular flexibility index (Phi) is 8.71. The molecule has 1 unspecified atom stereocenters. The van der Waals surface area contributed by atoms with Crippen LogP contribution in [0.3, 0.4) is 0 Å². The molecule has 9 heteroatoms. The highest BCUT2D eigenvalue weighted by atomic mass is 16.5. The molecule has 1 aliphatic rings. The third-order valence-electron chi connectivity index (χ3n) is 5.58. The lowest BCUT2D eigenvalue weighted by atomic mass is 9.94. The summed E-state index contributed by atoms with van der Waals surface area (Å²) in [6, 6.07) is 10.6. The largest absolute Gasteiger partial charge is 0.507 e. The molecule has 1 N–H and O–H groups in total. The number of amides is 1. The zero-order valence-electron chi connectivity index (χ0n) is 21.2. The van der Waals surface area contributed by atoms with Crippen LogP contribution in [0.4, 0.5) is 0 Å². The molecule has 1 heterocycles. The van der Waals surface area contributed by atoms with Crippen LogP contribution in [-0.2, 0) is 14.4 Å². The number of carbonyl (C=O) groups is 3. The Balaban J connectivity index is 2.20. The van der Waals surface area contributed by atoms with Gasteiger partial charge in [0.2, 0.25) is 0 Å². The smallest absolute Gasteiger partial charge is 0.308 e. The van der Waals surface area contributed by atoms with E-state index in [2.05, 4.69) is 0 Å². The number of nitrogens with zero attached hydrogens (tertiary/aromatic N) is 2. The molecule has 2 aromatic carbocycles. The molecule has 1 saturated heterocycles. The van der Waals surface area contributed by atoms with Crippen molar-refractivity contribution in [2.75, 3.05) is 40.4 Å². The first-order valence-electron chi connectivity index (χ1n) is 11.8. The molecule has 1 amide bonds. The third-order valence-corrected chi connectivity index (χ3v) is 5.58. The fourth-order valence-corrected chi connectivity index (χ4v) is 4.05. The van der Waals surface area contributed by atoms with E-state index >= 15 is 0 Å². The van der Waals surface area contributed by atoms with Crippen LogP contribution in [0.25, 0.3) is 5.76 Å². The first kappa shape index (κ1) is 26.7. The van der Waals surface area contributed by atoms with E-state index in [1.807, 2.05) is 25.9 Å². The number of carbonyl (C=O) groups excluding carboxylic acids is 3. The Morgan fingerprint density at radius 1 is 1.03 bits per heavy atom. The number of hydrogen-bond donors (Lipinski definition) is 1. The van der Waals surface area contributed by atoms with Crippen molar-refractivity contribution in [2.24, 2.45) is 0 Å². The number of benzene rings is 2. The quantitative estimate of drug-likeness (QED) is 0.175. The summed E-state index contributed by atoms with van der Waals surface area (Å²) < 4.78 is 16.5. The average molecular weight is 497 g/mol. The third kappa shape index (κ3) is 5.85. The molecule has 0 aromatic heterocycles. The fraction of sp³-hybridized carbons (Fsp3) is 0.370. The van der Waals surface area contributed by atoms with Gasteiger partial charge >= 0.3 is 5.97 Å². The van der Waals surface area contributed by atoms with E-state index in [1.54, 1.807) is 49.4 Å². The SMILES string of the molecule is CCOc1ccc(/C(O)=C2/C(=O)C(=O)N(CCN(C)C)C2c2cccc(OC(C)=O)c2)c(OCC)c1. The predicted molar refractivity (Wildman–Crippen MR) is 134 cm³/mol. The van der Waals surface area contributed by atoms with Gasteiger partial charge in [0.15, 0.2) is 0 Å². The standard InChI is InChI=1S/C27H32N2O7/c1-6-34-19-11-12-21(22(16-19)35-7-2)25(31)23-24(18-9-8-10-20(15-18)36-17(3)30)29(14-13-28(4)5)27(33)26(23)32/h8-12,15-16,24,31H,6-7,13-14H2,1-5H3/b25-23-. The highest BCUT2D eigenvalue weighted by Gasteiger charge is 2.46. The van der Waals surface area contributed by atoms with Crippen LogP contribution in [0.15, 0.2) is 48.0 Å². The van der Waals surface area contributed by atoms with E-state index in [0.717, 1.165) is 0 Å². The monoisotopic (exact) mass is 496 g/mol. The molecule has 9 nitrogen and oxygen atoms in total. The second-order valence-corrected chi connectivity index (χ2v) is 8.49. The van der Waals surface area contributed by atoms with Gasteiger partial charge < -0.3 is 29.1 Å². The van der Waals surface area contributed by atoms with Gasteiger partial charge in [0.25, 0.3) is 11.7 Å². The average Bonchev–Trinajstić information content (AvgIpc) is 3.07. The Morgan fingerprint density at radius 2 is 1.75 bits per heavy atom. The van der Waals surface area contributed by atoms with E-state index in [1.165, 1.54) is 11.8 Å². The van der Waals surface area contributed by atoms with Crippen LogP contribution in [0, 0.1) is 0 Å². The molecule has 1 atom stereocenters. The Morgan fingerprint density at radius 3 is 2.39 bits per heavy atom. The summed E-state index contributed by atoms with van der Waals surface area (Å²) in [5, 5.41) is 11.4. The summed E-state index contributed by atoms with van der Waals surface area (Å²) in [4.78, 5) is 41.2. The van der Waals surface area contributed by atoms with Crippen molar-refractivity contribution in [2.45, 2.75) is 26.8 Å². The summed E-state index contributed by atoms with van der Waals surface area (Å²) >= 11 is 0. The van der Waals surface area contributed by atoms with Gasteiger partial charge in [-0.05, 0) is 57.8 Å². The van der Waals surface area contributed by atoms with Crippen LogP contribution in [0.1, 0.15) is 37.9 Å². The molecule has 2 aromatic rings. The van der Waals surface area contributed by atoms with Crippen LogP contribution in [0.2, 0.25) is 0 Å². The Bertz CT molecular complexity index is 1170. The highest BCUT2D eigenvalue weighted by molar-refractivity contribution is 6.46. The van der Waals surface area contributed by atoms with Gasteiger partial charge in [-0.2, -0.15) is 0 Å². The van der Waals surface area contributed by atoms with Crippen molar-refractivity contribution >= 4 is 23.4 Å².